The molecule has 0 saturated carbocycles. The summed E-state index contributed by atoms with van der Waals surface area (Å²) in [5, 5.41) is 3.32. The second-order valence-corrected chi connectivity index (χ2v) is 6.47. The fraction of sp³-hybridized carbons (Fsp3) is 0.167. The van der Waals surface area contributed by atoms with E-state index in [1.807, 2.05) is 0 Å². The van der Waals surface area contributed by atoms with E-state index in [0.29, 0.717) is 15.6 Å². The van der Waals surface area contributed by atoms with Crippen molar-refractivity contribution in [3.63, 3.8) is 0 Å². The molecular formula is C18H14Cl2N2O4. The van der Waals surface area contributed by atoms with Crippen molar-refractivity contribution in [2.24, 2.45) is 0 Å². The smallest absolute Gasteiger partial charge is 0.263 e. The summed E-state index contributed by atoms with van der Waals surface area (Å²) >= 11 is 11.9. The van der Waals surface area contributed by atoms with Crippen LogP contribution in [0.25, 0.3) is 0 Å². The van der Waals surface area contributed by atoms with Crippen LogP contribution in [0.1, 0.15) is 26.3 Å². The Morgan fingerprint density at radius 3 is 2.58 bits per heavy atom. The summed E-state index contributed by atoms with van der Waals surface area (Å²) in [7, 11) is 1.39. The van der Waals surface area contributed by atoms with Gasteiger partial charge in [-0.2, -0.15) is 0 Å². The molecular weight excluding hydrogens is 379 g/mol. The van der Waals surface area contributed by atoms with Gasteiger partial charge in [0.2, 0.25) is 5.91 Å². The number of ether oxygens (including phenoxy) is 1. The number of halogens is 2. The molecule has 0 bridgehead atoms. The molecule has 0 aliphatic carbocycles. The number of nitrogens with one attached hydrogen (secondary N) is 1. The minimum atomic E-state index is -0.482. The minimum absolute atomic E-state index is 0.0503. The van der Waals surface area contributed by atoms with Crippen LogP contribution >= 0.6 is 23.2 Å². The van der Waals surface area contributed by atoms with Gasteiger partial charge < -0.3 is 10.1 Å². The van der Waals surface area contributed by atoms with E-state index >= 15 is 0 Å². The van der Waals surface area contributed by atoms with Gasteiger partial charge in [0.1, 0.15) is 6.61 Å². The van der Waals surface area contributed by atoms with Gasteiger partial charge in [-0.1, -0.05) is 35.3 Å². The molecule has 2 aromatic rings. The molecule has 0 aromatic heterocycles. The lowest BCUT2D eigenvalue weighted by molar-refractivity contribution is -0.119. The zero-order valence-electron chi connectivity index (χ0n) is 13.7. The van der Waals surface area contributed by atoms with E-state index in [0.717, 1.165) is 4.90 Å². The van der Waals surface area contributed by atoms with Gasteiger partial charge in [-0.05, 0) is 29.8 Å². The Morgan fingerprint density at radius 2 is 1.88 bits per heavy atom. The Kier molecular flexibility index (Phi) is 5.27. The SMILES string of the molecule is COCC(=O)Nc1cccc2c1C(=O)N(Cc1ccc(Cl)c(Cl)c1)C2=O. The van der Waals surface area contributed by atoms with E-state index in [9.17, 15) is 14.4 Å². The molecule has 6 nitrogen and oxygen atoms in total. The van der Waals surface area contributed by atoms with Gasteiger partial charge >= 0.3 is 0 Å². The van der Waals surface area contributed by atoms with Crippen molar-refractivity contribution in [2.45, 2.75) is 6.54 Å². The predicted molar refractivity (Wildman–Crippen MR) is 97.6 cm³/mol. The maximum Gasteiger partial charge on any atom is 0.263 e. The zero-order chi connectivity index (χ0) is 18.8. The zero-order valence-corrected chi connectivity index (χ0v) is 15.2. The maximum atomic E-state index is 12.8. The highest BCUT2D eigenvalue weighted by Crippen LogP contribution is 2.31. The summed E-state index contributed by atoms with van der Waals surface area (Å²) in [6.45, 7) is -0.104. The van der Waals surface area contributed by atoms with Gasteiger partial charge in [0, 0.05) is 7.11 Å². The van der Waals surface area contributed by atoms with E-state index in [4.69, 9.17) is 27.9 Å². The summed E-state index contributed by atoms with van der Waals surface area (Å²) in [4.78, 5) is 38.3. The number of hydrogen-bond acceptors (Lipinski definition) is 4. The molecule has 134 valence electrons. The van der Waals surface area contributed by atoms with E-state index in [1.165, 1.54) is 7.11 Å². The molecule has 1 aliphatic heterocycles. The number of methoxy groups -OCH3 is 1. The number of imide groups is 1. The summed E-state index contributed by atoms with van der Waals surface area (Å²) in [5.41, 5.74) is 1.35. The number of anilines is 1. The maximum absolute atomic E-state index is 12.8. The van der Waals surface area contributed by atoms with Crippen LogP contribution in [0.5, 0.6) is 0 Å². The Morgan fingerprint density at radius 1 is 1.12 bits per heavy atom. The number of fused-ring (bicyclic) bond motifs is 1. The van der Waals surface area contributed by atoms with E-state index in [2.05, 4.69) is 5.32 Å². The van der Waals surface area contributed by atoms with Crippen LogP contribution < -0.4 is 5.32 Å². The van der Waals surface area contributed by atoms with Crippen molar-refractivity contribution in [3.05, 3.63) is 63.1 Å². The van der Waals surface area contributed by atoms with Crippen molar-refractivity contribution >= 4 is 46.6 Å². The molecule has 0 fully saturated rings. The van der Waals surface area contributed by atoms with Crippen molar-refractivity contribution in [1.82, 2.24) is 4.90 Å². The standard InChI is InChI=1S/C18H14Cl2N2O4/c1-26-9-15(23)21-14-4-2-3-11-16(14)18(25)22(17(11)24)8-10-5-6-12(19)13(20)7-10/h2-7H,8-9H2,1H3,(H,21,23). The van der Waals surface area contributed by atoms with Gasteiger partial charge in [0.15, 0.2) is 0 Å². The molecule has 26 heavy (non-hydrogen) atoms. The van der Waals surface area contributed by atoms with Crippen molar-refractivity contribution < 1.29 is 19.1 Å². The van der Waals surface area contributed by atoms with Gasteiger partial charge in [0.05, 0.1) is 33.4 Å². The Bertz CT molecular complexity index is 914. The van der Waals surface area contributed by atoms with Gasteiger partial charge in [0.25, 0.3) is 11.8 Å². The molecule has 1 N–H and O–H groups in total. The number of carbonyl (C=O) groups excluding carboxylic acids is 3. The van der Waals surface area contributed by atoms with Crippen LogP contribution in [0, 0.1) is 0 Å². The lowest BCUT2D eigenvalue weighted by Gasteiger charge is -2.14. The molecule has 0 atom stereocenters. The molecule has 3 amide bonds. The predicted octanol–water partition coefficient (Wildman–Crippen LogP) is 3.37. The third-order valence-corrected chi connectivity index (χ3v) is 4.61. The number of amides is 3. The van der Waals surface area contributed by atoms with Crippen molar-refractivity contribution in [3.8, 4) is 0 Å². The summed E-state index contributed by atoms with van der Waals surface area (Å²) < 4.78 is 4.77. The first-order valence-electron chi connectivity index (χ1n) is 7.64. The van der Waals surface area contributed by atoms with Crippen LogP contribution in [0.15, 0.2) is 36.4 Å². The minimum Gasteiger partial charge on any atom is -0.375 e. The monoisotopic (exact) mass is 392 g/mol. The highest BCUT2D eigenvalue weighted by molar-refractivity contribution is 6.42. The second-order valence-electron chi connectivity index (χ2n) is 5.65. The molecule has 0 saturated heterocycles. The number of nitrogens with zero attached hydrogens (tertiary/aromatic N) is 1. The van der Waals surface area contributed by atoms with E-state index < -0.39 is 17.7 Å². The number of rotatable bonds is 5. The average Bonchev–Trinajstić information content (AvgIpc) is 2.84. The third kappa shape index (κ3) is 3.44. The van der Waals surface area contributed by atoms with Crippen LogP contribution in [-0.2, 0) is 16.1 Å². The van der Waals surface area contributed by atoms with E-state index in [1.54, 1.807) is 36.4 Å². The van der Waals surface area contributed by atoms with Crippen LogP contribution in [0.3, 0.4) is 0 Å². The van der Waals surface area contributed by atoms with E-state index in [-0.39, 0.29) is 30.0 Å². The molecule has 0 spiro atoms. The molecule has 2 aromatic carbocycles. The third-order valence-electron chi connectivity index (χ3n) is 3.87. The van der Waals surface area contributed by atoms with Gasteiger partial charge in [-0.25, -0.2) is 0 Å². The topological polar surface area (TPSA) is 75.7 Å². The first-order chi connectivity index (χ1) is 12.4. The fourth-order valence-electron chi connectivity index (χ4n) is 2.72. The lowest BCUT2D eigenvalue weighted by atomic mass is 10.1. The highest BCUT2D eigenvalue weighted by Gasteiger charge is 2.37. The van der Waals surface area contributed by atoms with Crippen LogP contribution in [-0.4, -0.2) is 36.3 Å². The molecule has 0 radical (unpaired) electrons. The first-order valence-corrected chi connectivity index (χ1v) is 8.40. The first kappa shape index (κ1) is 18.4. The number of hydrogen-bond donors (Lipinski definition) is 1. The largest absolute Gasteiger partial charge is 0.375 e. The molecule has 1 aliphatic rings. The van der Waals surface area contributed by atoms with Crippen molar-refractivity contribution in [2.75, 3.05) is 19.0 Å². The van der Waals surface area contributed by atoms with Crippen LogP contribution in [0.4, 0.5) is 5.69 Å². The highest BCUT2D eigenvalue weighted by atomic mass is 35.5. The summed E-state index contributed by atoms with van der Waals surface area (Å²) in [6, 6.07) is 9.63. The van der Waals surface area contributed by atoms with Crippen LogP contribution in [0.2, 0.25) is 10.0 Å². The summed E-state index contributed by atoms with van der Waals surface area (Å²) in [6.07, 6.45) is 0. The lowest BCUT2D eigenvalue weighted by Crippen LogP contribution is -2.29. The molecule has 1 heterocycles. The number of carbonyl (C=O) groups is 3. The quantitative estimate of drug-likeness (QED) is 0.791. The summed E-state index contributed by atoms with van der Waals surface area (Å²) in [5.74, 6) is -1.33. The normalized spacial score (nSPS) is 13.1. The van der Waals surface area contributed by atoms with Gasteiger partial charge in [-0.15, -0.1) is 0 Å². The van der Waals surface area contributed by atoms with Crippen molar-refractivity contribution in [1.29, 1.82) is 0 Å². The Balaban J connectivity index is 1.89. The second kappa shape index (κ2) is 7.45. The molecule has 3 rings (SSSR count). The Hall–Kier alpha value is -2.41. The average molecular weight is 393 g/mol. The number of benzene rings is 2. The molecule has 8 heteroatoms. The van der Waals surface area contributed by atoms with Gasteiger partial charge in [-0.3, -0.25) is 19.3 Å². The Labute approximate surface area is 159 Å². The molecule has 0 unspecified atom stereocenters. The fourth-order valence-corrected chi connectivity index (χ4v) is 3.04.